The number of para-hydroxylation sites is 1. The molecule has 0 bridgehead atoms. The van der Waals surface area contributed by atoms with E-state index in [1.807, 2.05) is 12.1 Å². The molecule has 0 saturated carbocycles. The van der Waals surface area contributed by atoms with Crippen LogP contribution in [-0.4, -0.2) is 30.3 Å². The van der Waals surface area contributed by atoms with Crippen LogP contribution in [0.2, 0.25) is 5.02 Å². The lowest BCUT2D eigenvalue weighted by molar-refractivity contribution is 0.0970. The third-order valence-electron chi connectivity index (χ3n) is 3.95. The Morgan fingerprint density at radius 1 is 1.45 bits per heavy atom. The number of halogens is 1. The summed E-state index contributed by atoms with van der Waals surface area (Å²) in [4.78, 5) is 2.32. The van der Waals surface area contributed by atoms with Crippen LogP contribution >= 0.6 is 11.6 Å². The molecule has 3 nitrogen and oxygen atoms in total. The van der Waals surface area contributed by atoms with E-state index in [-0.39, 0.29) is 12.0 Å². The van der Waals surface area contributed by atoms with Crippen LogP contribution in [0.4, 0.5) is 5.69 Å². The molecule has 0 spiro atoms. The molecule has 112 valence electrons. The Kier molecular flexibility index (Phi) is 5.30. The van der Waals surface area contributed by atoms with E-state index in [0.717, 1.165) is 36.8 Å². The van der Waals surface area contributed by atoms with Crippen molar-refractivity contribution in [2.75, 3.05) is 18.0 Å². The SMILES string of the molecule is CC(C)NCc1cccc(Cl)c1N1CCC(O)C(C)C1. The summed E-state index contributed by atoms with van der Waals surface area (Å²) in [7, 11) is 0. The van der Waals surface area contributed by atoms with Gasteiger partial charge in [0.15, 0.2) is 0 Å². The number of piperidine rings is 1. The fraction of sp³-hybridized carbons (Fsp3) is 0.625. The quantitative estimate of drug-likeness (QED) is 0.896. The second kappa shape index (κ2) is 6.79. The summed E-state index contributed by atoms with van der Waals surface area (Å²) in [6.07, 6.45) is 0.620. The van der Waals surface area contributed by atoms with Crippen molar-refractivity contribution in [3.05, 3.63) is 28.8 Å². The third kappa shape index (κ3) is 3.66. The Morgan fingerprint density at radius 2 is 2.20 bits per heavy atom. The fourth-order valence-corrected chi connectivity index (χ4v) is 3.02. The van der Waals surface area contributed by atoms with Gasteiger partial charge in [-0.3, -0.25) is 0 Å². The third-order valence-corrected chi connectivity index (χ3v) is 4.25. The number of nitrogens with zero attached hydrogens (tertiary/aromatic N) is 1. The maximum Gasteiger partial charge on any atom is 0.0642 e. The van der Waals surface area contributed by atoms with Crippen LogP contribution in [0.5, 0.6) is 0 Å². The molecular formula is C16H25ClN2O. The molecule has 1 saturated heterocycles. The summed E-state index contributed by atoms with van der Waals surface area (Å²) >= 11 is 6.43. The van der Waals surface area contributed by atoms with Gasteiger partial charge in [-0.05, 0) is 24.0 Å². The molecule has 2 unspecified atom stereocenters. The van der Waals surface area contributed by atoms with E-state index in [1.54, 1.807) is 0 Å². The van der Waals surface area contributed by atoms with Crippen molar-refractivity contribution in [1.82, 2.24) is 5.32 Å². The molecule has 0 amide bonds. The van der Waals surface area contributed by atoms with Gasteiger partial charge in [0, 0.05) is 25.7 Å². The van der Waals surface area contributed by atoms with Crippen molar-refractivity contribution in [3.8, 4) is 0 Å². The number of aliphatic hydroxyl groups excluding tert-OH is 1. The Morgan fingerprint density at radius 3 is 2.85 bits per heavy atom. The maximum absolute atomic E-state index is 9.89. The lowest BCUT2D eigenvalue weighted by atomic mass is 9.95. The number of benzene rings is 1. The van der Waals surface area contributed by atoms with Gasteiger partial charge in [0.05, 0.1) is 16.8 Å². The zero-order valence-electron chi connectivity index (χ0n) is 12.6. The second-order valence-corrected chi connectivity index (χ2v) is 6.47. The van der Waals surface area contributed by atoms with Gasteiger partial charge >= 0.3 is 0 Å². The smallest absolute Gasteiger partial charge is 0.0642 e. The summed E-state index contributed by atoms with van der Waals surface area (Å²) in [5.74, 6) is 0.283. The van der Waals surface area contributed by atoms with E-state index in [0.29, 0.717) is 6.04 Å². The minimum atomic E-state index is -0.189. The number of hydrogen-bond donors (Lipinski definition) is 2. The van der Waals surface area contributed by atoms with Crippen LogP contribution in [0.25, 0.3) is 0 Å². The molecule has 1 heterocycles. The first-order valence-corrected chi connectivity index (χ1v) is 7.80. The average Bonchev–Trinajstić information content (AvgIpc) is 2.40. The molecule has 4 heteroatoms. The summed E-state index contributed by atoms with van der Waals surface area (Å²) in [5, 5.41) is 14.1. The van der Waals surface area contributed by atoms with Gasteiger partial charge in [-0.1, -0.05) is 44.5 Å². The Balaban J connectivity index is 2.21. The van der Waals surface area contributed by atoms with Gasteiger partial charge in [-0.25, -0.2) is 0 Å². The molecule has 1 aliphatic heterocycles. The first-order chi connectivity index (χ1) is 9.49. The zero-order chi connectivity index (χ0) is 14.7. The number of hydrogen-bond acceptors (Lipinski definition) is 3. The zero-order valence-corrected chi connectivity index (χ0v) is 13.3. The molecule has 0 aromatic heterocycles. The molecule has 2 atom stereocenters. The lowest BCUT2D eigenvalue weighted by Crippen LogP contribution is -2.42. The summed E-state index contributed by atoms with van der Waals surface area (Å²) < 4.78 is 0. The van der Waals surface area contributed by atoms with Crippen LogP contribution in [0, 0.1) is 5.92 Å². The van der Waals surface area contributed by atoms with Gasteiger partial charge in [-0.2, -0.15) is 0 Å². The van der Waals surface area contributed by atoms with Crippen molar-refractivity contribution in [3.63, 3.8) is 0 Å². The standard InChI is InChI=1S/C16H25ClN2O/c1-11(2)18-9-13-5-4-6-14(17)16(13)19-8-7-15(20)12(3)10-19/h4-6,11-12,15,18,20H,7-10H2,1-3H3. The number of anilines is 1. The van der Waals surface area contributed by atoms with Crippen LogP contribution in [-0.2, 0) is 6.54 Å². The highest BCUT2D eigenvalue weighted by atomic mass is 35.5. The molecule has 2 N–H and O–H groups in total. The van der Waals surface area contributed by atoms with E-state index in [2.05, 4.69) is 37.1 Å². The van der Waals surface area contributed by atoms with Crippen molar-refractivity contribution in [2.45, 2.75) is 45.9 Å². The number of rotatable bonds is 4. The summed E-state index contributed by atoms with van der Waals surface area (Å²) in [6, 6.07) is 6.53. The summed E-state index contributed by atoms with van der Waals surface area (Å²) in [6.45, 7) is 8.93. The van der Waals surface area contributed by atoms with Gasteiger partial charge in [0.25, 0.3) is 0 Å². The lowest BCUT2D eigenvalue weighted by Gasteiger charge is -2.37. The Bertz CT molecular complexity index is 450. The van der Waals surface area contributed by atoms with Crippen LogP contribution < -0.4 is 10.2 Å². The highest BCUT2D eigenvalue weighted by Crippen LogP contribution is 2.33. The molecule has 0 aliphatic carbocycles. The van der Waals surface area contributed by atoms with Crippen LogP contribution in [0.15, 0.2) is 18.2 Å². The van der Waals surface area contributed by atoms with Gasteiger partial charge < -0.3 is 15.3 Å². The van der Waals surface area contributed by atoms with Crippen LogP contribution in [0.1, 0.15) is 32.8 Å². The molecule has 0 radical (unpaired) electrons. The van der Waals surface area contributed by atoms with Crippen molar-refractivity contribution in [1.29, 1.82) is 0 Å². The molecule has 1 fully saturated rings. The minimum absolute atomic E-state index is 0.189. The number of nitrogens with one attached hydrogen (secondary N) is 1. The largest absolute Gasteiger partial charge is 0.393 e. The Labute approximate surface area is 126 Å². The molecule has 1 aromatic rings. The normalized spacial score (nSPS) is 23.4. The van der Waals surface area contributed by atoms with Crippen LogP contribution in [0.3, 0.4) is 0 Å². The van der Waals surface area contributed by atoms with Gasteiger partial charge in [0.2, 0.25) is 0 Å². The van der Waals surface area contributed by atoms with Gasteiger partial charge in [-0.15, -0.1) is 0 Å². The molecule has 1 aliphatic rings. The predicted octanol–water partition coefficient (Wildman–Crippen LogP) is 3.05. The summed E-state index contributed by atoms with van der Waals surface area (Å²) in [5.41, 5.74) is 2.36. The topological polar surface area (TPSA) is 35.5 Å². The molecule has 2 rings (SSSR count). The predicted molar refractivity (Wildman–Crippen MR) is 85.4 cm³/mol. The maximum atomic E-state index is 9.89. The second-order valence-electron chi connectivity index (χ2n) is 6.06. The minimum Gasteiger partial charge on any atom is -0.393 e. The van der Waals surface area contributed by atoms with E-state index in [1.165, 1.54) is 5.56 Å². The van der Waals surface area contributed by atoms with Gasteiger partial charge in [0.1, 0.15) is 0 Å². The van der Waals surface area contributed by atoms with E-state index >= 15 is 0 Å². The first kappa shape index (κ1) is 15.6. The first-order valence-electron chi connectivity index (χ1n) is 7.42. The average molecular weight is 297 g/mol. The molecule has 1 aromatic carbocycles. The molecular weight excluding hydrogens is 272 g/mol. The number of aliphatic hydroxyl groups is 1. The van der Waals surface area contributed by atoms with Crippen molar-refractivity contribution in [2.24, 2.45) is 5.92 Å². The van der Waals surface area contributed by atoms with Crippen molar-refractivity contribution < 1.29 is 5.11 Å². The van der Waals surface area contributed by atoms with E-state index in [9.17, 15) is 5.11 Å². The highest BCUT2D eigenvalue weighted by Gasteiger charge is 2.26. The monoisotopic (exact) mass is 296 g/mol. The molecule has 20 heavy (non-hydrogen) atoms. The fourth-order valence-electron chi connectivity index (χ4n) is 2.71. The highest BCUT2D eigenvalue weighted by molar-refractivity contribution is 6.33. The Hall–Kier alpha value is -0.770. The van der Waals surface area contributed by atoms with E-state index in [4.69, 9.17) is 11.6 Å². The van der Waals surface area contributed by atoms with Crippen molar-refractivity contribution >= 4 is 17.3 Å². The van der Waals surface area contributed by atoms with E-state index < -0.39 is 0 Å².